The molecule has 1 saturated heterocycles. The molecule has 2 aliphatic rings. The topological polar surface area (TPSA) is 112 Å². The number of aryl methyl sites for hydroxylation is 1. The maximum Gasteiger partial charge on any atom is 0.258 e. The second-order valence-electron chi connectivity index (χ2n) is 13.4. The van der Waals surface area contributed by atoms with E-state index in [-0.39, 0.29) is 18.1 Å². The number of rotatable bonds is 10. The van der Waals surface area contributed by atoms with E-state index in [9.17, 15) is 9.90 Å². The Kier molecular flexibility index (Phi) is 10.0. The zero-order chi connectivity index (χ0) is 33.1. The fraction of sp³-hybridized carbons (Fsp3) is 0.500. The van der Waals surface area contributed by atoms with Crippen molar-refractivity contribution < 1.29 is 14.6 Å². The van der Waals surface area contributed by atoms with Crippen LogP contribution >= 0.6 is 0 Å². The number of hydrogen-bond acceptors (Lipinski definition) is 9. The van der Waals surface area contributed by atoms with Gasteiger partial charge in [0.1, 0.15) is 5.75 Å². The van der Waals surface area contributed by atoms with Crippen molar-refractivity contribution in [2.75, 3.05) is 64.6 Å². The highest BCUT2D eigenvalue weighted by atomic mass is 16.5. The van der Waals surface area contributed by atoms with Crippen molar-refractivity contribution in [3.05, 3.63) is 60.0 Å². The maximum absolute atomic E-state index is 13.9. The molecule has 3 aromatic heterocycles. The van der Waals surface area contributed by atoms with E-state index in [1.807, 2.05) is 6.92 Å². The van der Waals surface area contributed by atoms with Gasteiger partial charge in [-0.25, -0.2) is 4.98 Å². The van der Waals surface area contributed by atoms with Crippen LogP contribution < -0.4 is 15.0 Å². The zero-order valence-corrected chi connectivity index (χ0v) is 28.3. The Hall–Kier alpha value is -4.06. The first kappa shape index (κ1) is 32.9. The third kappa shape index (κ3) is 7.42. The Morgan fingerprint density at radius 2 is 1.77 bits per heavy atom. The minimum Gasteiger partial charge on any atom is -0.496 e. The number of anilines is 2. The van der Waals surface area contributed by atoms with E-state index in [4.69, 9.17) is 9.72 Å². The summed E-state index contributed by atoms with van der Waals surface area (Å²) < 4.78 is 7.73. The highest BCUT2D eigenvalue weighted by Crippen LogP contribution is 2.37. The fourth-order valence-corrected chi connectivity index (χ4v) is 7.02. The molecule has 0 bridgehead atoms. The van der Waals surface area contributed by atoms with Gasteiger partial charge in [0.15, 0.2) is 0 Å². The van der Waals surface area contributed by atoms with Crippen LogP contribution in [0.1, 0.15) is 60.6 Å². The number of hydrogen-bond donors (Lipinski definition) is 2. The van der Waals surface area contributed by atoms with Crippen molar-refractivity contribution in [2.45, 2.75) is 63.6 Å². The molecular formula is C36H48N8O3. The highest BCUT2D eigenvalue weighted by molar-refractivity contribution is 6.05. The normalized spacial score (nSPS) is 19.1. The number of carbonyl (C=O) groups is 1. The van der Waals surface area contributed by atoms with Gasteiger partial charge in [0.05, 0.1) is 35.5 Å². The summed E-state index contributed by atoms with van der Waals surface area (Å²) in [6.45, 7) is 6.02. The van der Waals surface area contributed by atoms with Crippen LogP contribution in [0.2, 0.25) is 0 Å². The van der Waals surface area contributed by atoms with Crippen molar-refractivity contribution in [2.24, 2.45) is 0 Å². The van der Waals surface area contributed by atoms with Crippen LogP contribution in [0.5, 0.6) is 5.75 Å². The molecule has 1 amide bonds. The number of likely N-dealkylation sites (N-methyl/N-ethyl adjacent to an activating group) is 2. The number of fused-ring (bicyclic) bond motifs is 1. The van der Waals surface area contributed by atoms with E-state index in [1.165, 1.54) is 5.69 Å². The van der Waals surface area contributed by atoms with Crippen LogP contribution in [0.25, 0.3) is 22.3 Å². The van der Waals surface area contributed by atoms with E-state index in [0.717, 1.165) is 81.3 Å². The van der Waals surface area contributed by atoms with Gasteiger partial charge < -0.3 is 29.1 Å². The van der Waals surface area contributed by atoms with Crippen LogP contribution in [-0.4, -0.2) is 107 Å². The summed E-state index contributed by atoms with van der Waals surface area (Å²) in [5.74, 6) is 0.912. The third-order valence-electron chi connectivity index (χ3n) is 9.78. The highest BCUT2D eigenvalue weighted by Gasteiger charge is 2.28. The number of nitrogens with one attached hydrogen (secondary N) is 1. The van der Waals surface area contributed by atoms with Crippen molar-refractivity contribution in [1.82, 2.24) is 29.3 Å². The molecule has 11 heteroatoms. The predicted molar refractivity (Wildman–Crippen MR) is 186 cm³/mol. The molecule has 47 heavy (non-hydrogen) atoms. The van der Waals surface area contributed by atoms with E-state index in [0.29, 0.717) is 34.7 Å². The van der Waals surface area contributed by atoms with Gasteiger partial charge in [-0.3, -0.25) is 20.1 Å². The SMILES string of the molecule is COc1ccncc1-c1cc(C(=O)Nc2nc3ccc(N4CCC(N(C)CCN(C)C)CC4)cc3n2C2CCC(O)CC2)cc(C)n1. The summed E-state index contributed by atoms with van der Waals surface area (Å²) in [5, 5.41) is 13.4. The summed E-state index contributed by atoms with van der Waals surface area (Å²) in [6.07, 6.45) is 8.44. The first-order chi connectivity index (χ1) is 22.7. The lowest BCUT2D eigenvalue weighted by molar-refractivity contribution is 0.102. The third-order valence-corrected chi connectivity index (χ3v) is 9.78. The number of carbonyl (C=O) groups excluding carboxylic acids is 1. The van der Waals surface area contributed by atoms with Crippen molar-refractivity contribution >= 4 is 28.6 Å². The van der Waals surface area contributed by atoms with Gasteiger partial charge in [0.25, 0.3) is 5.91 Å². The largest absolute Gasteiger partial charge is 0.496 e. The van der Waals surface area contributed by atoms with Gasteiger partial charge in [0.2, 0.25) is 5.95 Å². The second kappa shape index (κ2) is 14.4. The Bertz CT molecular complexity index is 1690. The van der Waals surface area contributed by atoms with Gasteiger partial charge >= 0.3 is 0 Å². The van der Waals surface area contributed by atoms with E-state index >= 15 is 0 Å². The second-order valence-corrected chi connectivity index (χ2v) is 13.4. The van der Waals surface area contributed by atoms with Gasteiger partial charge in [-0.1, -0.05) is 0 Å². The van der Waals surface area contributed by atoms with Crippen LogP contribution in [0.4, 0.5) is 11.6 Å². The van der Waals surface area contributed by atoms with E-state index < -0.39 is 0 Å². The van der Waals surface area contributed by atoms with Crippen molar-refractivity contribution in [3.8, 4) is 17.0 Å². The fourth-order valence-electron chi connectivity index (χ4n) is 7.02. The summed E-state index contributed by atoms with van der Waals surface area (Å²) in [4.78, 5) is 34.9. The first-order valence-corrected chi connectivity index (χ1v) is 16.8. The number of nitrogens with zero attached hydrogens (tertiary/aromatic N) is 7. The van der Waals surface area contributed by atoms with Gasteiger partial charge in [-0.15, -0.1) is 0 Å². The van der Waals surface area contributed by atoms with Crippen LogP contribution in [0, 0.1) is 6.92 Å². The van der Waals surface area contributed by atoms with Crippen LogP contribution in [0.15, 0.2) is 48.8 Å². The molecule has 6 rings (SSSR count). The number of amides is 1. The number of ether oxygens (including phenoxy) is 1. The number of piperidine rings is 1. The number of imidazole rings is 1. The van der Waals surface area contributed by atoms with Crippen molar-refractivity contribution in [1.29, 1.82) is 0 Å². The number of methoxy groups -OCH3 is 1. The average Bonchev–Trinajstić information content (AvgIpc) is 3.44. The summed E-state index contributed by atoms with van der Waals surface area (Å²) >= 11 is 0. The van der Waals surface area contributed by atoms with Crippen LogP contribution in [0.3, 0.4) is 0 Å². The molecule has 0 spiro atoms. The van der Waals surface area contributed by atoms with Crippen LogP contribution in [-0.2, 0) is 0 Å². The monoisotopic (exact) mass is 640 g/mol. The first-order valence-electron chi connectivity index (χ1n) is 16.8. The molecule has 1 aliphatic heterocycles. The lowest BCUT2D eigenvalue weighted by Gasteiger charge is -2.38. The lowest BCUT2D eigenvalue weighted by Crippen LogP contribution is -2.45. The lowest BCUT2D eigenvalue weighted by atomic mass is 9.93. The minimum atomic E-state index is -0.283. The molecule has 0 atom stereocenters. The molecule has 2 N–H and O–H groups in total. The Morgan fingerprint density at radius 1 is 1.00 bits per heavy atom. The number of aliphatic hydroxyl groups excluding tert-OH is 1. The molecule has 11 nitrogen and oxygen atoms in total. The van der Waals surface area contributed by atoms with E-state index in [1.54, 1.807) is 37.7 Å². The minimum absolute atomic E-state index is 0.124. The number of pyridine rings is 2. The molecular weight excluding hydrogens is 592 g/mol. The van der Waals surface area contributed by atoms with Gasteiger partial charge in [0, 0.05) is 67.6 Å². The molecule has 4 aromatic rings. The number of benzene rings is 1. The summed E-state index contributed by atoms with van der Waals surface area (Å²) in [6, 6.07) is 12.5. The van der Waals surface area contributed by atoms with Crippen molar-refractivity contribution in [3.63, 3.8) is 0 Å². The summed E-state index contributed by atoms with van der Waals surface area (Å²) in [5.41, 5.74) is 5.57. The quantitative estimate of drug-likeness (QED) is 0.247. The maximum atomic E-state index is 13.9. The Labute approximate surface area is 277 Å². The molecule has 250 valence electrons. The molecule has 2 fully saturated rings. The molecule has 0 radical (unpaired) electrons. The smallest absolute Gasteiger partial charge is 0.258 e. The Morgan fingerprint density at radius 3 is 2.49 bits per heavy atom. The number of aromatic nitrogens is 4. The predicted octanol–water partition coefficient (Wildman–Crippen LogP) is 5.00. The van der Waals surface area contributed by atoms with E-state index in [2.05, 4.69) is 73.9 Å². The summed E-state index contributed by atoms with van der Waals surface area (Å²) in [7, 11) is 8.10. The average molecular weight is 641 g/mol. The molecule has 1 saturated carbocycles. The molecule has 1 aromatic carbocycles. The zero-order valence-electron chi connectivity index (χ0n) is 28.3. The standard InChI is InChI=1S/C36H48N8O3/c1-24-20-25(21-32(38-24)30-23-37-15-12-34(30)47-5)35(46)40-36-39-31-11-8-28(22-33(31)44(36)27-6-9-29(45)10-7-27)43-16-13-26(14-17-43)42(4)19-18-41(2)3/h8,11-12,15,20-23,26-27,29,45H,6-7,9-10,13-14,16-19H2,1-5H3,(H,39,40,46). The Balaban J connectivity index is 1.27. The van der Waals surface area contributed by atoms with Gasteiger partial charge in [-0.05, 0) is 103 Å². The molecule has 4 heterocycles. The van der Waals surface area contributed by atoms with Gasteiger partial charge in [-0.2, -0.15) is 0 Å². The number of aliphatic hydroxyl groups is 1. The molecule has 0 unspecified atom stereocenters. The molecule has 1 aliphatic carbocycles.